The summed E-state index contributed by atoms with van der Waals surface area (Å²) < 4.78 is 0. The van der Waals surface area contributed by atoms with E-state index in [1.54, 1.807) is 0 Å². The first-order valence-electron chi connectivity index (χ1n) is 7.31. The van der Waals surface area contributed by atoms with Gasteiger partial charge in [-0.15, -0.1) is 0 Å². The minimum atomic E-state index is 0.209. The molecule has 0 amide bonds. The van der Waals surface area contributed by atoms with Gasteiger partial charge in [0, 0.05) is 16.1 Å². The monoisotopic (exact) mass is 297 g/mol. The summed E-state index contributed by atoms with van der Waals surface area (Å²) in [5.41, 5.74) is 7.42. The van der Waals surface area contributed by atoms with Gasteiger partial charge in [-0.1, -0.05) is 29.6 Å². The average Bonchev–Trinajstić information content (AvgIpc) is 2.96. The SMILES string of the molecule is NC(Cc1cc(Cl)ccc1Cl)CC1CC2CCC1C2. The van der Waals surface area contributed by atoms with E-state index in [4.69, 9.17) is 28.9 Å². The molecule has 3 rings (SSSR count). The molecule has 2 aliphatic rings. The first-order valence-corrected chi connectivity index (χ1v) is 8.07. The molecule has 0 saturated heterocycles. The summed E-state index contributed by atoms with van der Waals surface area (Å²) in [6.45, 7) is 0. The largest absolute Gasteiger partial charge is 0.327 e. The molecule has 104 valence electrons. The first-order chi connectivity index (χ1) is 9.11. The Kier molecular flexibility index (Phi) is 4.07. The van der Waals surface area contributed by atoms with Gasteiger partial charge in [-0.3, -0.25) is 0 Å². The number of rotatable bonds is 4. The second kappa shape index (κ2) is 5.63. The van der Waals surface area contributed by atoms with Crippen molar-refractivity contribution < 1.29 is 0 Å². The van der Waals surface area contributed by atoms with Crippen LogP contribution < -0.4 is 5.73 Å². The molecule has 2 bridgehead atoms. The Morgan fingerprint density at radius 2 is 2.05 bits per heavy atom. The Hall–Kier alpha value is -0.240. The van der Waals surface area contributed by atoms with Gasteiger partial charge in [0.05, 0.1) is 0 Å². The van der Waals surface area contributed by atoms with E-state index >= 15 is 0 Å². The molecule has 0 aromatic heterocycles. The highest BCUT2D eigenvalue weighted by atomic mass is 35.5. The van der Waals surface area contributed by atoms with E-state index in [0.717, 1.165) is 46.2 Å². The number of fused-ring (bicyclic) bond motifs is 2. The molecule has 2 N–H and O–H groups in total. The van der Waals surface area contributed by atoms with Crippen LogP contribution in [-0.2, 0) is 6.42 Å². The van der Waals surface area contributed by atoms with E-state index in [-0.39, 0.29) is 6.04 Å². The van der Waals surface area contributed by atoms with Gasteiger partial charge < -0.3 is 5.73 Å². The lowest BCUT2D eigenvalue weighted by atomic mass is 9.83. The fourth-order valence-electron chi connectivity index (χ4n) is 4.12. The molecular weight excluding hydrogens is 277 g/mol. The fourth-order valence-corrected chi connectivity index (χ4v) is 4.51. The van der Waals surface area contributed by atoms with Crippen LogP contribution in [0.5, 0.6) is 0 Å². The van der Waals surface area contributed by atoms with E-state index in [0.29, 0.717) is 0 Å². The maximum atomic E-state index is 6.33. The molecule has 2 fully saturated rings. The average molecular weight is 298 g/mol. The van der Waals surface area contributed by atoms with Crippen LogP contribution in [0.3, 0.4) is 0 Å². The van der Waals surface area contributed by atoms with E-state index in [1.165, 1.54) is 25.7 Å². The molecule has 0 heterocycles. The van der Waals surface area contributed by atoms with E-state index in [2.05, 4.69) is 0 Å². The fraction of sp³-hybridized carbons (Fsp3) is 0.625. The van der Waals surface area contributed by atoms with Crippen LogP contribution in [0.1, 0.15) is 37.7 Å². The van der Waals surface area contributed by atoms with Crippen LogP contribution >= 0.6 is 23.2 Å². The lowest BCUT2D eigenvalue weighted by molar-refractivity contribution is 0.294. The van der Waals surface area contributed by atoms with Crippen LogP contribution in [0.4, 0.5) is 0 Å². The van der Waals surface area contributed by atoms with Crippen molar-refractivity contribution in [1.82, 2.24) is 0 Å². The van der Waals surface area contributed by atoms with Crippen molar-refractivity contribution in [2.24, 2.45) is 23.5 Å². The summed E-state index contributed by atoms with van der Waals surface area (Å²) in [6, 6.07) is 5.85. The molecule has 2 aliphatic carbocycles. The van der Waals surface area contributed by atoms with E-state index in [9.17, 15) is 0 Å². The van der Waals surface area contributed by atoms with Gasteiger partial charge in [-0.25, -0.2) is 0 Å². The summed E-state index contributed by atoms with van der Waals surface area (Å²) in [5, 5.41) is 1.53. The smallest absolute Gasteiger partial charge is 0.0439 e. The van der Waals surface area contributed by atoms with Gasteiger partial charge in [0.25, 0.3) is 0 Å². The molecule has 19 heavy (non-hydrogen) atoms. The van der Waals surface area contributed by atoms with Crippen LogP contribution in [0, 0.1) is 17.8 Å². The van der Waals surface area contributed by atoms with Crippen molar-refractivity contribution in [1.29, 1.82) is 0 Å². The van der Waals surface area contributed by atoms with Crippen molar-refractivity contribution in [2.45, 2.75) is 44.6 Å². The number of benzene rings is 1. The molecule has 0 radical (unpaired) electrons. The summed E-state index contributed by atoms with van der Waals surface area (Å²) >= 11 is 12.2. The van der Waals surface area contributed by atoms with Gasteiger partial charge in [0.15, 0.2) is 0 Å². The van der Waals surface area contributed by atoms with Crippen LogP contribution in [0.15, 0.2) is 18.2 Å². The third kappa shape index (κ3) is 3.09. The maximum absolute atomic E-state index is 6.33. The second-order valence-electron chi connectivity index (χ2n) is 6.37. The minimum absolute atomic E-state index is 0.209. The second-order valence-corrected chi connectivity index (χ2v) is 7.21. The topological polar surface area (TPSA) is 26.0 Å². The van der Waals surface area contributed by atoms with Gasteiger partial charge in [-0.2, -0.15) is 0 Å². The van der Waals surface area contributed by atoms with Crippen molar-refractivity contribution >= 4 is 23.2 Å². The first kappa shape index (κ1) is 13.7. The Morgan fingerprint density at radius 1 is 1.21 bits per heavy atom. The molecule has 2 saturated carbocycles. The summed E-state index contributed by atoms with van der Waals surface area (Å²) in [6.07, 6.45) is 7.73. The number of hydrogen-bond acceptors (Lipinski definition) is 1. The number of hydrogen-bond donors (Lipinski definition) is 1. The molecule has 1 nitrogen and oxygen atoms in total. The minimum Gasteiger partial charge on any atom is -0.327 e. The number of halogens is 2. The van der Waals surface area contributed by atoms with Crippen LogP contribution in [0.25, 0.3) is 0 Å². The van der Waals surface area contributed by atoms with Gasteiger partial charge in [0.2, 0.25) is 0 Å². The van der Waals surface area contributed by atoms with E-state index in [1.807, 2.05) is 18.2 Å². The molecule has 1 aromatic rings. The third-order valence-corrected chi connectivity index (χ3v) is 5.58. The van der Waals surface area contributed by atoms with E-state index < -0.39 is 0 Å². The normalized spacial score (nSPS) is 30.8. The number of nitrogens with two attached hydrogens (primary N) is 1. The summed E-state index contributed by atoms with van der Waals surface area (Å²) in [4.78, 5) is 0. The van der Waals surface area contributed by atoms with Crippen molar-refractivity contribution in [3.8, 4) is 0 Å². The lowest BCUT2D eigenvalue weighted by Gasteiger charge is -2.25. The maximum Gasteiger partial charge on any atom is 0.0439 e. The molecule has 3 heteroatoms. The van der Waals surface area contributed by atoms with Gasteiger partial charge in [0.1, 0.15) is 0 Å². The third-order valence-electron chi connectivity index (χ3n) is 4.98. The molecular formula is C16H21Cl2N. The highest BCUT2D eigenvalue weighted by Gasteiger charge is 2.39. The van der Waals surface area contributed by atoms with Crippen molar-refractivity contribution in [3.05, 3.63) is 33.8 Å². The predicted molar refractivity (Wildman–Crippen MR) is 81.7 cm³/mol. The summed E-state index contributed by atoms with van der Waals surface area (Å²) in [7, 11) is 0. The van der Waals surface area contributed by atoms with Gasteiger partial charge in [-0.05, 0) is 73.6 Å². The standard InChI is InChI=1S/C16H21Cl2N/c17-14-3-4-16(18)13(7-14)9-15(19)8-12-6-10-1-2-11(12)5-10/h3-4,7,10-12,15H,1-2,5-6,8-9,19H2. The van der Waals surface area contributed by atoms with Crippen LogP contribution in [0.2, 0.25) is 10.0 Å². The predicted octanol–water partition coefficient (Wildman–Crippen LogP) is 4.69. The molecule has 0 spiro atoms. The van der Waals surface area contributed by atoms with Crippen LogP contribution in [-0.4, -0.2) is 6.04 Å². The Balaban J connectivity index is 1.59. The van der Waals surface area contributed by atoms with Gasteiger partial charge >= 0.3 is 0 Å². The molecule has 1 aromatic carbocycles. The lowest BCUT2D eigenvalue weighted by Crippen LogP contribution is -2.28. The highest BCUT2D eigenvalue weighted by molar-refractivity contribution is 6.33. The molecule has 4 unspecified atom stereocenters. The summed E-state index contributed by atoms with van der Waals surface area (Å²) in [5.74, 6) is 2.80. The Bertz CT molecular complexity index is 460. The zero-order valence-corrected chi connectivity index (χ0v) is 12.6. The quantitative estimate of drug-likeness (QED) is 0.857. The Morgan fingerprint density at radius 3 is 2.74 bits per heavy atom. The zero-order chi connectivity index (χ0) is 13.4. The Labute approximate surface area is 125 Å². The van der Waals surface area contributed by atoms with Crippen molar-refractivity contribution in [3.63, 3.8) is 0 Å². The molecule has 0 aliphatic heterocycles. The zero-order valence-electron chi connectivity index (χ0n) is 11.1. The molecule has 4 atom stereocenters. The van der Waals surface area contributed by atoms with Crippen molar-refractivity contribution in [2.75, 3.05) is 0 Å². The highest BCUT2D eigenvalue weighted by Crippen LogP contribution is 2.49.